The third-order valence-electron chi connectivity index (χ3n) is 4.89. The lowest BCUT2D eigenvalue weighted by Crippen LogP contribution is -2.42. The van der Waals surface area contributed by atoms with Gasteiger partial charge < -0.3 is 9.84 Å². The van der Waals surface area contributed by atoms with Gasteiger partial charge in [-0.25, -0.2) is 13.2 Å². The zero-order valence-electron chi connectivity index (χ0n) is 17.6. The number of hydrogen-bond donors (Lipinski definition) is 2. The number of halogens is 1. The third kappa shape index (κ3) is 4.88. The molecule has 180 valence electrons. The van der Waals surface area contributed by atoms with Crippen LogP contribution >= 0.6 is 0 Å². The molecule has 0 bridgehead atoms. The molecule has 0 unspecified atom stereocenters. The number of nitrogens with one attached hydrogen (secondary N) is 1. The Balaban J connectivity index is 2.16. The van der Waals surface area contributed by atoms with E-state index in [4.69, 9.17) is 4.74 Å². The van der Waals surface area contributed by atoms with Gasteiger partial charge in [-0.2, -0.15) is 4.39 Å². The molecule has 0 aliphatic rings. The van der Waals surface area contributed by atoms with Crippen molar-refractivity contribution in [1.29, 1.82) is 0 Å². The Morgan fingerprint density at radius 2 is 1.85 bits per heavy atom. The highest BCUT2D eigenvalue weighted by Gasteiger charge is 2.31. The molecule has 14 heteroatoms. The molecular weight excluding hydrogens is 475 g/mol. The predicted octanol–water partition coefficient (Wildman–Crippen LogP) is 1.12. The molecule has 3 rings (SSSR count). The van der Waals surface area contributed by atoms with Crippen LogP contribution in [0.3, 0.4) is 0 Å². The second-order valence-electron chi connectivity index (χ2n) is 6.91. The Hall–Kier alpha value is -3.88. The number of sulfonamides is 1. The van der Waals surface area contributed by atoms with Crippen LogP contribution in [0.2, 0.25) is 0 Å². The maximum Gasteiger partial charge on any atom is 0.330 e. The lowest BCUT2D eigenvalue weighted by Gasteiger charge is -2.30. The predicted molar refractivity (Wildman–Crippen MR) is 117 cm³/mol. The Bertz CT molecular complexity index is 1420. The summed E-state index contributed by atoms with van der Waals surface area (Å²) in [6, 6.07) is 10.1. The fourth-order valence-corrected chi connectivity index (χ4v) is 4.67. The third-order valence-corrected chi connectivity index (χ3v) is 6.69. The fraction of sp³-hybridized carbons (Fsp3) is 0.200. The highest BCUT2D eigenvalue weighted by Crippen LogP contribution is 2.30. The number of nitro benzene ring substituents is 1. The van der Waals surface area contributed by atoms with Crippen LogP contribution in [0, 0.1) is 15.9 Å². The summed E-state index contributed by atoms with van der Waals surface area (Å²) in [5, 5.41) is 20.7. The molecule has 0 radical (unpaired) electrons. The number of nitro groups is 1. The van der Waals surface area contributed by atoms with Crippen molar-refractivity contribution >= 4 is 21.4 Å². The number of para-hydroxylation sites is 1. The summed E-state index contributed by atoms with van der Waals surface area (Å²) >= 11 is 0. The molecular formula is C20H19FN4O8S. The normalized spacial score (nSPS) is 12.3. The number of rotatable bonds is 9. The van der Waals surface area contributed by atoms with E-state index in [2.05, 4.69) is 0 Å². The highest BCUT2D eigenvalue weighted by molar-refractivity contribution is 7.92. The molecule has 3 aromatic rings. The molecule has 0 amide bonds. The van der Waals surface area contributed by atoms with E-state index in [1.165, 1.54) is 18.2 Å². The lowest BCUT2D eigenvalue weighted by molar-refractivity contribution is -0.384. The number of non-ortho nitro benzene ring substituents is 1. The van der Waals surface area contributed by atoms with Gasteiger partial charge >= 0.3 is 5.69 Å². The van der Waals surface area contributed by atoms with Crippen molar-refractivity contribution in [2.75, 3.05) is 18.0 Å². The van der Waals surface area contributed by atoms with Crippen molar-refractivity contribution in [1.82, 2.24) is 9.55 Å². The van der Waals surface area contributed by atoms with Gasteiger partial charge in [-0.1, -0.05) is 18.2 Å². The number of aromatic amines is 1. The van der Waals surface area contributed by atoms with E-state index in [0.29, 0.717) is 10.8 Å². The smallest absolute Gasteiger partial charge is 0.330 e. The summed E-state index contributed by atoms with van der Waals surface area (Å²) in [7, 11) is -3.29. The number of H-pyrrole nitrogens is 1. The Morgan fingerprint density at radius 1 is 1.21 bits per heavy atom. The maximum atomic E-state index is 13.9. The Morgan fingerprint density at radius 3 is 2.44 bits per heavy atom. The summed E-state index contributed by atoms with van der Waals surface area (Å²) in [5.74, 6) is -1.29. The van der Waals surface area contributed by atoms with Crippen LogP contribution < -0.4 is 15.6 Å². The van der Waals surface area contributed by atoms with E-state index in [0.717, 1.165) is 35.7 Å². The molecule has 1 aromatic heterocycles. The van der Waals surface area contributed by atoms with Crippen molar-refractivity contribution in [2.45, 2.75) is 17.7 Å². The highest BCUT2D eigenvalue weighted by atomic mass is 32.2. The van der Waals surface area contributed by atoms with Crippen LogP contribution in [0.4, 0.5) is 15.8 Å². The number of nitrogens with zero attached hydrogens (tertiary/aromatic N) is 3. The standard InChI is InChI=1S/C20H19FN4O8S/c1-33-18(23-10-16(21)19(27)22-20(23)28)11-24(17-5-3-2-4-13(17)12-26)34(31,32)15-8-6-14(7-9-15)25(29)30/h2-10,18,26H,11-12H2,1H3,(H,22,27,28)/t18-/m1/s1. The zero-order valence-corrected chi connectivity index (χ0v) is 18.4. The minimum Gasteiger partial charge on any atom is -0.392 e. The molecule has 2 N–H and O–H groups in total. The van der Waals surface area contributed by atoms with Gasteiger partial charge in [0.2, 0.25) is 5.82 Å². The number of ether oxygens (including phenoxy) is 1. The summed E-state index contributed by atoms with van der Waals surface area (Å²) in [6.45, 7) is -1.12. The Kier molecular flexibility index (Phi) is 7.24. The molecule has 12 nitrogen and oxygen atoms in total. The summed E-state index contributed by atoms with van der Waals surface area (Å²) in [6.07, 6.45) is -0.817. The zero-order chi connectivity index (χ0) is 25.0. The van der Waals surface area contributed by atoms with E-state index >= 15 is 0 Å². The van der Waals surface area contributed by atoms with Crippen LogP contribution in [0.25, 0.3) is 0 Å². The van der Waals surface area contributed by atoms with Crippen molar-refractivity contribution in [3.05, 3.63) is 97.1 Å². The molecule has 34 heavy (non-hydrogen) atoms. The molecule has 0 saturated carbocycles. The summed E-state index contributed by atoms with van der Waals surface area (Å²) in [4.78, 5) is 35.3. The summed E-state index contributed by atoms with van der Waals surface area (Å²) in [5.41, 5.74) is -2.38. The minimum absolute atomic E-state index is 0.0309. The van der Waals surface area contributed by atoms with E-state index in [1.807, 2.05) is 0 Å². The van der Waals surface area contributed by atoms with Gasteiger partial charge in [-0.05, 0) is 18.2 Å². The van der Waals surface area contributed by atoms with Crippen molar-refractivity contribution in [3.63, 3.8) is 0 Å². The molecule has 0 saturated heterocycles. The Labute approximate surface area is 191 Å². The van der Waals surface area contributed by atoms with Crippen molar-refractivity contribution in [3.8, 4) is 0 Å². The van der Waals surface area contributed by atoms with Crippen LogP contribution in [0.1, 0.15) is 11.8 Å². The van der Waals surface area contributed by atoms with Crippen LogP contribution in [-0.4, -0.2) is 41.7 Å². The van der Waals surface area contributed by atoms with Gasteiger partial charge in [0, 0.05) is 24.8 Å². The van der Waals surface area contributed by atoms with Gasteiger partial charge in [0.15, 0.2) is 6.23 Å². The van der Waals surface area contributed by atoms with Crippen molar-refractivity contribution < 1.29 is 27.6 Å². The average Bonchev–Trinajstić information content (AvgIpc) is 2.82. The van der Waals surface area contributed by atoms with Crippen LogP contribution in [0.5, 0.6) is 0 Å². The number of benzene rings is 2. The lowest BCUT2D eigenvalue weighted by atomic mass is 10.2. The van der Waals surface area contributed by atoms with Gasteiger partial charge in [-0.15, -0.1) is 0 Å². The minimum atomic E-state index is -4.43. The van der Waals surface area contributed by atoms with E-state index < -0.39 is 51.4 Å². The SMILES string of the molecule is CO[C@H](CN(c1ccccc1CO)S(=O)(=O)c1ccc([N+](=O)[O-])cc1)n1cc(F)c(=O)[nH]c1=O. The quantitative estimate of drug-likeness (QED) is 0.330. The topological polar surface area (TPSA) is 165 Å². The number of hydrogen-bond acceptors (Lipinski definition) is 8. The fourth-order valence-electron chi connectivity index (χ4n) is 3.17. The second kappa shape index (κ2) is 9.94. The molecule has 0 fully saturated rings. The molecule has 0 aliphatic carbocycles. The largest absolute Gasteiger partial charge is 0.392 e. The molecule has 0 aliphatic heterocycles. The average molecular weight is 494 g/mol. The van der Waals surface area contributed by atoms with Crippen molar-refractivity contribution in [2.24, 2.45) is 0 Å². The molecule has 1 atom stereocenters. The van der Waals surface area contributed by atoms with Gasteiger partial charge in [-0.3, -0.25) is 28.8 Å². The number of aliphatic hydroxyl groups is 1. The first kappa shape index (κ1) is 24.8. The van der Waals surface area contributed by atoms with Gasteiger partial charge in [0.25, 0.3) is 21.3 Å². The first-order chi connectivity index (χ1) is 16.1. The van der Waals surface area contributed by atoms with E-state index in [9.17, 15) is 37.6 Å². The van der Waals surface area contributed by atoms with Gasteiger partial charge in [0.1, 0.15) is 0 Å². The molecule has 0 spiro atoms. The number of aliphatic hydroxyl groups excluding tert-OH is 1. The van der Waals surface area contributed by atoms with Gasteiger partial charge in [0.05, 0.1) is 34.9 Å². The molecule has 1 heterocycles. The monoisotopic (exact) mass is 494 g/mol. The number of methoxy groups -OCH3 is 1. The number of aromatic nitrogens is 2. The molecule has 2 aromatic carbocycles. The number of anilines is 1. The first-order valence-electron chi connectivity index (χ1n) is 9.60. The van der Waals surface area contributed by atoms with Crippen LogP contribution in [0.15, 0.2) is 69.2 Å². The van der Waals surface area contributed by atoms with E-state index in [1.54, 1.807) is 11.1 Å². The van der Waals surface area contributed by atoms with Crippen LogP contribution in [-0.2, 0) is 21.4 Å². The second-order valence-corrected chi connectivity index (χ2v) is 8.77. The maximum absolute atomic E-state index is 13.9. The first-order valence-corrected chi connectivity index (χ1v) is 11.0. The summed E-state index contributed by atoms with van der Waals surface area (Å²) < 4.78 is 47.7. The van der Waals surface area contributed by atoms with E-state index in [-0.39, 0.29) is 21.8 Å².